The maximum absolute atomic E-state index is 6.14. The second-order valence-electron chi connectivity index (χ2n) is 5.83. The van der Waals surface area contributed by atoms with Crippen molar-refractivity contribution in [3.8, 4) is 0 Å². The van der Waals surface area contributed by atoms with E-state index in [0.29, 0.717) is 23.3 Å². The summed E-state index contributed by atoms with van der Waals surface area (Å²) in [5.41, 5.74) is 1.95. The molecule has 2 aromatic heterocycles. The van der Waals surface area contributed by atoms with Gasteiger partial charge in [0.05, 0.1) is 18.3 Å². The van der Waals surface area contributed by atoms with Gasteiger partial charge in [-0.25, -0.2) is 0 Å². The number of hydrogen-bond acceptors (Lipinski definition) is 5. The van der Waals surface area contributed by atoms with E-state index in [1.807, 2.05) is 56.3 Å². The lowest BCUT2D eigenvalue weighted by molar-refractivity contribution is 0.359. The highest BCUT2D eigenvalue weighted by Crippen LogP contribution is 2.23. The third-order valence-electron chi connectivity index (χ3n) is 3.61. The smallest absolute Gasteiger partial charge is 0.229 e. The van der Waals surface area contributed by atoms with Crippen molar-refractivity contribution in [1.29, 1.82) is 0 Å². The van der Waals surface area contributed by atoms with E-state index in [1.54, 1.807) is 6.20 Å². The van der Waals surface area contributed by atoms with Crippen LogP contribution < -0.4 is 5.32 Å². The maximum atomic E-state index is 6.14. The molecule has 0 bridgehead atoms. The molecule has 0 fully saturated rings. The summed E-state index contributed by atoms with van der Waals surface area (Å²) in [6.45, 7) is 4.52. The minimum absolute atomic E-state index is 0.106. The largest absolute Gasteiger partial charge is 0.339 e. The van der Waals surface area contributed by atoms with Crippen LogP contribution in [0, 0.1) is 0 Å². The summed E-state index contributed by atoms with van der Waals surface area (Å²) < 4.78 is 5.25. The summed E-state index contributed by atoms with van der Waals surface area (Å²) in [6.07, 6.45) is 1.78. The molecule has 0 saturated carbocycles. The monoisotopic (exact) mass is 342 g/mol. The molecule has 124 valence electrons. The fourth-order valence-electron chi connectivity index (χ4n) is 2.39. The van der Waals surface area contributed by atoms with Gasteiger partial charge < -0.3 is 4.52 Å². The quantitative estimate of drug-likeness (QED) is 0.730. The first-order valence-corrected chi connectivity index (χ1v) is 8.23. The molecule has 0 amide bonds. The van der Waals surface area contributed by atoms with Gasteiger partial charge in [-0.05, 0) is 29.8 Å². The number of pyridine rings is 1. The molecule has 0 aliphatic carbocycles. The average molecular weight is 343 g/mol. The number of rotatable bonds is 6. The Labute approximate surface area is 146 Å². The van der Waals surface area contributed by atoms with Gasteiger partial charge in [-0.1, -0.05) is 48.8 Å². The van der Waals surface area contributed by atoms with Crippen LogP contribution in [0.5, 0.6) is 0 Å². The highest BCUT2D eigenvalue weighted by Gasteiger charge is 2.17. The highest BCUT2D eigenvalue weighted by atomic mass is 35.5. The zero-order chi connectivity index (χ0) is 16.9. The van der Waals surface area contributed by atoms with Gasteiger partial charge >= 0.3 is 0 Å². The normalized spacial score (nSPS) is 12.5. The number of halogens is 1. The Bertz CT molecular complexity index is 788. The first kappa shape index (κ1) is 16.6. The minimum atomic E-state index is -0.106. The summed E-state index contributed by atoms with van der Waals surface area (Å²) in [4.78, 5) is 8.86. The third kappa shape index (κ3) is 3.99. The molecule has 6 heteroatoms. The number of hydrogen-bond donors (Lipinski definition) is 1. The van der Waals surface area contributed by atoms with Crippen LogP contribution in [0.25, 0.3) is 0 Å². The lowest BCUT2D eigenvalue weighted by Gasteiger charge is -2.18. The molecule has 2 heterocycles. The van der Waals surface area contributed by atoms with Crippen LogP contribution in [0.15, 0.2) is 53.2 Å². The van der Waals surface area contributed by atoms with E-state index in [4.69, 9.17) is 16.1 Å². The molecule has 1 atom stereocenters. The lowest BCUT2D eigenvalue weighted by atomic mass is 10.0. The van der Waals surface area contributed by atoms with Crippen molar-refractivity contribution in [2.75, 3.05) is 0 Å². The Balaban J connectivity index is 1.82. The van der Waals surface area contributed by atoms with E-state index in [2.05, 4.69) is 20.4 Å². The van der Waals surface area contributed by atoms with E-state index in [9.17, 15) is 0 Å². The average Bonchev–Trinajstić information content (AvgIpc) is 3.05. The second-order valence-corrected chi connectivity index (χ2v) is 6.26. The van der Waals surface area contributed by atoms with Crippen LogP contribution in [0.2, 0.25) is 5.02 Å². The topological polar surface area (TPSA) is 63.8 Å². The van der Waals surface area contributed by atoms with Crippen molar-refractivity contribution in [2.24, 2.45) is 0 Å². The number of aromatic nitrogens is 3. The predicted molar refractivity (Wildman–Crippen MR) is 92.8 cm³/mol. The Morgan fingerprint density at radius 2 is 2.04 bits per heavy atom. The molecule has 0 aliphatic rings. The van der Waals surface area contributed by atoms with E-state index < -0.39 is 0 Å². The van der Waals surface area contributed by atoms with Gasteiger partial charge in [0.2, 0.25) is 5.89 Å². The maximum Gasteiger partial charge on any atom is 0.229 e. The van der Waals surface area contributed by atoms with Gasteiger partial charge in [-0.3, -0.25) is 10.3 Å². The van der Waals surface area contributed by atoms with Crippen molar-refractivity contribution in [2.45, 2.75) is 32.4 Å². The molecule has 3 aromatic rings. The standard InChI is InChI=1S/C18H19ClN4O/c1-12(2)18-22-16(23-24-18)11-21-17(15-8-3-4-9-20-15)13-6-5-7-14(19)10-13/h3-10,12,17,21H,11H2,1-2H3/t17-/m1/s1. The van der Waals surface area contributed by atoms with E-state index >= 15 is 0 Å². The van der Waals surface area contributed by atoms with E-state index in [-0.39, 0.29) is 12.0 Å². The van der Waals surface area contributed by atoms with Gasteiger partial charge in [-0.2, -0.15) is 4.98 Å². The van der Waals surface area contributed by atoms with Gasteiger partial charge in [-0.15, -0.1) is 0 Å². The van der Waals surface area contributed by atoms with Crippen molar-refractivity contribution in [1.82, 2.24) is 20.4 Å². The molecule has 0 unspecified atom stereocenters. The van der Waals surface area contributed by atoms with Crippen LogP contribution >= 0.6 is 11.6 Å². The minimum Gasteiger partial charge on any atom is -0.339 e. The van der Waals surface area contributed by atoms with Crippen molar-refractivity contribution >= 4 is 11.6 Å². The Hall–Kier alpha value is -2.24. The molecule has 0 radical (unpaired) electrons. The fourth-order valence-corrected chi connectivity index (χ4v) is 2.59. The van der Waals surface area contributed by atoms with Crippen LogP contribution in [0.1, 0.15) is 48.8 Å². The van der Waals surface area contributed by atoms with Crippen LogP contribution in [-0.2, 0) is 6.54 Å². The zero-order valence-corrected chi connectivity index (χ0v) is 14.4. The summed E-state index contributed by atoms with van der Waals surface area (Å²) >= 11 is 6.14. The van der Waals surface area contributed by atoms with Crippen LogP contribution in [0.4, 0.5) is 0 Å². The van der Waals surface area contributed by atoms with Gasteiger partial charge in [0.15, 0.2) is 5.82 Å². The summed E-state index contributed by atoms with van der Waals surface area (Å²) in [5, 5.41) is 8.15. The Morgan fingerprint density at radius 3 is 2.71 bits per heavy atom. The molecule has 5 nitrogen and oxygen atoms in total. The van der Waals surface area contributed by atoms with Crippen molar-refractivity contribution < 1.29 is 4.52 Å². The molecule has 24 heavy (non-hydrogen) atoms. The summed E-state index contributed by atoms with van der Waals surface area (Å²) in [7, 11) is 0. The van der Waals surface area contributed by atoms with Gasteiger partial charge in [0.1, 0.15) is 0 Å². The fraction of sp³-hybridized carbons (Fsp3) is 0.278. The van der Waals surface area contributed by atoms with E-state index in [1.165, 1.54) is 0 Å². The molecule has 1 aromatic carbocycles. The first-order chi connectivity index (χ1) is 11.6. The molecule has 1 N–H and O–H groups in total. The third-order valence-corrected chi connectivity index (χ3v) is 3.84. The zero-order valence-electron chi connectivity index (χ0n) is 13.6. The van der Waals surface area contributed by atoms with Crippen LogP contribution in [-0.4, -0.2) is 15.1 Å². The van der Waals surface area contributed by atoms with E-state index in [0.717, 1.165) is 11.3 Å². The Kier molecular flexibility index (Phi) is 5.23. The van der Waals surface area contributed by atoms with Crippen LogP contribution in [0.3, 0.4) is 0 Å². The second kappa shape index (κ2) is 7.55. The highest BCUT2D eigenvalue weighted by molar-refractivity contribution is 6.30. The number of nitrogens with one attached hydrogen (secondary N) is 1. The Morgan fingerprint density at radius 1 is 1.17 bits per heavy atom. The SMILES string of the molecule is CC(C)c1nc(CN[C@H](c2cccc(Cl)c2)c2ccccn2)no1. The molecule has 3 rings (SSSR count). The van der Waals surface area contributed by atoms with Crippen molar-refractivity contribution in [3.05, 3.63) is 76.7 Å². The number of nitrogens with zero attached hydrogens (tertiary/aromatic N) is 3. The molecular formula is C18H19ClN4O. The molecular weight excluding hydrogens is 324 g/mol. The molecule has 0 saturated heterocycles. The summed E-state index contributed by atoms with van der Waals surface area (Å²) in [5.74, 6) is 1.48. The van der Waals surface area contributed by atoms with Gasteiger partial charge in [0.25, 0.3) is 0 Å². The molecule has 0 aliphatic heterocycles. The predicted octanol–water partition coefficient (Wildman–Crippen LogP) is 4.12. The first-order valence-electron chi connectivity index (χ1n) is 7.85. The lowest BCUT2D eigenvalue weighted by Crippen LogP contribution is -2.23. The molecule has 0 spiro atoms. The van der Waals surface area contributed by atoms with Crippen molar-refractivity contribution in [3.63, 3.8) is 0 Å². The summed E-state index contributed by atoms with van der Waals surface area (Å²) in [6, 6.07) is 13.5. The number of benzene rings is 1. The van der Waals surface area contributed by atoms with Gasteiger partial charge in [0, 0.05) is 17.1 Å².